The first-order chi connectivity index (χ1) is 9.60. The van der Waals surface area contributed by atoms with Crippen molar-refractivity contribution in [3.63, 3.8) is 0 Å². The van der Waals surface area contributed by atoms with Crippen LogP contribution < -0.4 is 4.90 Å². The first-order valence-electron chi connectivity index (χ1n) is 6.08. The molecular weight excluding hydrogens is 409 g/mol. The first-order valence-corrected chi connectivity index (χ1v) is 8.37. The number of para-hydroxylation sites is 1. The Labute approximate surface area is 137 Å². The minimum absolute atomic E-state index is 0.0745. The topological polar surface area (TPSA) is 46.1 Å². The number of carbonyl (C=O) groups is 1. The van der Waals surface area contributed by atoms with E-state index in [1.165, 1.54) is 0 Å². The van der Waals surface area contributed by atoms with Gasteiger partial charge in [-0.2, -0.15) is 4.98 Å². The number of rotatable bonds is 2. The number of hydrogen-bond donors (Lipinski definition) is 0. The maximum absolute atomic E-state index is 12.2. The van der Waals surface area contributed by atoms with Crippen LogP contribution in [-0.2, 0) is 4.79 Å². The van der Waals surface area contributed by atoms with Crippen LogP contribution in [0.5, 0.6) is 0 Å². The molecule has 0 saturated carbocycles. The van der Waals surface area contributed by atoms with E-state index in [2.05, 4.69) is 41.8 Å². The summed E-state index contributed by atoms with van der Waals surface area (Å²) in [5.41, 5.74) is 0.720. The molecule has 1 aromatic heterocycles. The van der Waals surface area contributed by atoms with E-state index in [0.717, 1.165) is 20.7 Å². The van der Waals surface area contributed by atoms with Crippen molar-refractivity contribution < 1.29 is 4.79 Å². The van der Waals surface area contributed by atoms with Gasteiger partial charge in [0.05, 0.1) is 5.52 Å². The summed E-state index contributed by atoms with van der Waals surface area (Å²) in [5, 5.41) is 1.78. The largest absolute Gasteiger partial charge is 0.296 e. The van der Waals surface area contributed by atoms with E-state index in [1.54, 1.807) is 4.90 Å². The predicted molar refractivity (Wildman–Crippen MR) is 86.5 cm³/mol. The summed E-state index contributed by atoms with van der Waals surface area (Å²) < 4.78 is 0.837. The number of fused-ring (bicyclic) bond motifs is 1. The van der Waals surface area contributed by atoms with Crippen LogP contribution in [-0.4, -0.2) is 27.7 Å². The Morgan fingerprint density at radius 3 is 2.90 bits per heavy atom. The van der Waals surface area contributed by atoms with Gasteiger partial charge in [0.25, 0.3) is 0 Å². The third-order valence-corrected chi connectivity index (χ3v) is 5.03. The summed E-state index contributed by atoms with van der Waals surface area (Å²) in [6.45, 7) is 0.652. The van der Waals surface area contributed by atoms with Crippen molar-refractivity contribution in [2.24, 2.45) is 5.92 Å². The van der Waals surface area contributed by atoms with Gasteiger partial charge in [-0.25, -0.2) is 4.98 Å². The van der Waals surface area contributed by atoms with E-state index < -0.39 is 0 Å². The molecule has 0 N–H and O–H groups in total. The highest BCUT2D eigenvalue weighted by Gasteiger charge is 2.32. The van der Waals surface area contributed by atoms with E-state index in [4.69, 9.17) is 11.6 Å². The van der Waals surface area contributed by atoms with E-state index in [9.17, 15) is 4.79 Å². The number of nitrogens with zero attached hydrogens (tertiary/aromatic N) is 3. The number of aromatic nitrogens is 2. The first kappa shape index (κ1) is 14.2. The minimum atomic E-state index is 0.0745. The average molecular weight is 420 g/mol. The van der Waals surface area contributed by atoms with E-state index >= 15 is 0 Å². The van der Waals surface area contributed by atoms with E-state index in [1.807, 2.05) is 18.2 Å². The van der Waals surface area contributed by atoms with E-state index in [-0.39, 0.29) is 11.2 Å². The summed E-state index contributed by atoms with van der Waals surface area (Å²) in [6, 6.07) is 5.69. The second-order valence-corrected chi connectivity index (χ2v) is 6.52. The Kier molecular flexibility index (Phi) is 3.97. The maximum atomic E-state index is 12.2. The fraction of sp³-hybridized carbons (Fsp3) is 0.308. The Bertz CT molecular complexity index is 695. The van der Waals surface area contributed by atoms with Gasteiger partial charge in [-0.05, 0) is 45.6 Å². The van der Waals surface area contributed by atoms with Crippen molar-refractivity contribution in [3.05, 3.63) is 28.0 Å². The molecule has 0 bridgehead atoms. The summed E-state index contributed by atoms with van der Waals surface area (Å²) in [4.78, 5) is 22.4. The van der Waals surface area contributed by atoms with Gasteiger partial charge >= 0.3 is 0 Å². The predicted octanol–water partition coefficient (Wildman–Crippen LogP) is 3.79. The standard InChI is InChI=1S/C13H10Br2ClN3O/c14-5-7-4-10(20)19(6-7)12-8-2-1-3-9(15)11(8)17-13(16)18-12/h1-3,7H,4-6H2. The Morgan fingerprint density at radius 1 is 1.40 bits per heavy atom. The molecule has 1 aliphatic rings. The zero-order valence-corrected chi connectivity index (χ0v) is 14.2. The van der Waals surface area contributed by atoms with Crippen molar-refractivity contribution >= 4 is 66.1 Å². The molecule has 1 saturated heterocycles. The van der Waals surface area contributed by atoms with Crippen LogP contribution in [0.3, 0.4) is 0 Å². The molecule has 0 radical (unpaired) electrons. The quantitative estimate of drug-likeness (QED) is 0.550. The van der Waals surface area contributed by atoms with Gasteiger partial charge in [0.2, 0.25) is 11.2 Å². The highest BCUT2D eigenvalue weighted by molar-refractivity contribution is 9.10. The molecule has 1 atom stereocenters. The van der Waals surface area contributed by atoms with Gasteiger partial charge in [0.15, 0.2) is 0 Å². The molecule has 0 spiro atoms. The smallest absolute Gasteiger partial charge is 0.228 e. The lowest BCUT2D eigenvalue weighted by molar-refractivity contribution is -0.117. The molecule has 0 aliphatic carbocycles. The lowest BCUT2D eigenvalue weighted by atomic mass is 10.2. The molecular formula is C13H10Br2ClN3O. The molecule has 2 heterocycles. The SMILES string of the molecule is O=C1CC(CBr)CN1c1nc(Cl)nc2c(Br)cccc12. The molecule has 104 valence electrons. The third-order valence-electron chi connectivity index (χ3n) is 3.31. The minimum Gasteiger partial charge on any atom is -0.296 e. The van der Waals surface area contributed by atoms with Crippen LogP contribution in [0.4, 0.5) is 5.82 Å². The summed E-state index contributed by atoms with van der Waals surface area (Å²) >= 11 is 12.9. The molecule has 1 aliphatic heterocycles. The van der Waals surface area contributed by atoms with Crippen LogP contribution in [0, 0.1) is 5.92 Å². The second kappa shape index (κ2) is 5.58. The van der Waals surface area contributed by atoms with Crippen LogP contribution in [0.25, 0.3) is 10.9 Å². The van der Waals surface area contributed by atoms with Gasteiger partial charge in [-0.3, -0.25) is 9.69 Å². The highest BCUT2D eigenvalue weighted by atomic mass is 79.9. The zero-order valence-electron chi connectivity index (χ0n) is 10.3. The monoisotopic (exact) mass is 417 g/mol. The van der Waals surface area contributed by atoms with Crippen LogP contribution in [0.15, 0.2) is 22.7 Å². The lowest BCUT2D eigenvalue weighted by Gasteiger charge is -2.17. The molecule has 1 fully saturated rings. The van der Waals surface area contributed by atoms with Crippen molar-refractivity contribution in [2.75, 3.05) is 16.8 Å². The van der Waals surface area contributed by atoms with Crippen molar-refractivity contribution in [2.45, 2.75) is 6.42 Å². The highest BCUT2D eigenvalue weighted by Crippen LogP contribution is 2.33. The number of halogens is 3. The van der Waals surface area contributed by atoms with Crippen LogP contribution >= 0.6 is 43.5 Å². The van der Waals surface area contributed by atoms with Crippen molar-refractivity contribution in [1.82, 2.24) is 9.97 Å². The number of amides is 1. The number of benzene rings is 1. The Balaban J connectivity index is 2.16. The van der Waals surface area contributed by atoms with Gasteiger partial charge < -0.3 is 0 Å². The van der Waals surface area contributed by atoms with Gasteiger partial charge in [0.1, 0.15) is 5.82 Å². The fourth-order valence-corrected chi connectivity index (χ4v) is 3.42. The summed E-state index contributed by atoms with van der Waals surface area (Å²) in [6.07, 6.45) is 0.530. The molecule has 2 aromatic rings. The molecule has 7 heteroatoms. The number of anilines is 1. The normalized spacial score (nSPS) is 19.1. The molecule has 1 unspecified atom stereocenters. The lowest BCUT2D eigenvalue weighted by Crippen LogP contribution is -2.26. The second-order valence-electron chi connectivity index (χ2n) is 4.68. The fourth-order valence-electron chi connectivity index (χ4n) is 2.37. The van der Waals surface area contributed by atoms with Crippen molar-refractivity contribution in [3.8, 4) is 0 Å². The zero-order chi connectivity index (χ0) is 14.3. The Morgan fingerprint density at radius 2 is 2.20 bits per heavy atom. The van der Waals surface area contributed by atoms with Crippen LogP contribution in [0.1, 0.15) is 6.42 Å². The van der Waals surface area contributed by atoms with E-state index in [0.29, 0.717) is 24.7 Å². The van der Waals surface area contributed by atoms with Crippen molar-refractivity contribution in [1.29, 1.82) is 0 Å². The maximum Gasteiger partial charge on any atom is 0.228 e. The molecule has 3 rings (SSSR count). The number of alkyl halides is 1. The van der Waals surface area contributed by atoms with Gasteiger partial charge in [0, 0.05) is 28.2 Å². The van der Waals surface area contributed by atoms with Gasteiger partial charge in [-0.1, -0.05) is 22.0 Å². The van der Waals surface area contributed by atoms with Crippen LogP contribution in [0.2, 0.25) is 5.28 Å². The number of hydrogen-bond acceptors (Lipinski definition) is 3. The third kappa shape index (κ3) is 2.44. The molecule has 20 heavy (non-hydrogen) atoms. The average Bonchev–Trinajstić information content (AvgIpc) is 2.80. The Hall–Kier alpha value is -0.720. The summed E-state index contributed by atoms with van der Waals surface area (Å²) in [7, 11) is 0. The molecule has 1 amide bonds. The van der Waals surface area contributed by atoms with Gasteiger partial charge in [-0.15, -0.1) is 0 Å². The number of carbonyl (C=O) groups excluding carboxylic acids is 1. The molecule has 4 nitrogen and oxygen atoms in total. The molecule has 1 aromatic carbocycles. The summed E-state index contributed by atoms with van der Waals surface area (Å²) in [5.74, 6) is 0.971.